The predicted octanol–water partition coefficient (Wildman–Crippen LogP) is 3.30. The monoisotopic (exact) mass is 319 g/mol. The smallest absolute Gasteiger partial charge is 0.354 e. The number of hydrogen-bond acceptors (Lipinski definition) is 4. The Morgan fingerprint density at radius 3 is 2.11 bits per heavy atom. The molecule has 0 aliphatic heterocycles. The van der Waals surface area contributed by atoms with Gasteiger partial charge < -0.3 is 9.26 Å². The number of carbonyl (C=O) groups excluding carboxylic acids is 1. The maximum Gasteiger partial charge on any atom is 0.354 e. The number of nitrogens with one attached hydrogen (secondary N) is 1. The van der Waals surface area contributed by atoms with Gasteiger partial charge in [-0.25, -0.2) is 9.88 Å². The Kier molecular flexibility index (Phi) is 6.65. The van der Waals surface area contributed by atoms with E-state index in [2.05, 4.69) is 5.09 Å². The van der Waals surface area contributed by atoms with Crippen molar-refractivity contribution in [2.45, 2.75) is 44.3 Å². The third kappa shape index (κ3) is 4.71. The van der Waals surface area contributed by atoms with Crippen LogP contribution in [0.1, 0.15) is 34.6 Å². The Balaban J connectivity index is 5.18. The molecule has 0 saturated heterocycles. The fourth-order valence-electron chi connectivity index (χ4n) is 1.08. The predicted molar refractivity (Wildman–Crippen MR) is 73.2 cm³/mol. The van der Waals surface area contributed by atoms with Crippen LogP contribution in [0.4, 0.5) is 0 Å². The van der Waals surface area contributed by atoms with Crippen LogP contribution in [0.25, 0.3) is 0 Å². The molecule has 0 heterocycles. The van der Waals surface area contributed by atoms with Crippen LogP contribution in [-0.4, -0.2) is 28.8 Å². The van der Waals surface area contributed by atoms with Gasteiger partial charge in [-0.2, -0.15) is 0 Å². The first-order chi connectivity index (χ1) is 8.00. The van der Waals surface area contributed by atoms with Crippen LogP contribution in [0.5, 0.6) is 0 Å². The topological polar surface area (TPSA) is 64.6 Å². The van der Waals surface area contributed by atoms with Crippen LogP contribution in [-0.2, 0) is 18.6 Å². The lowest BCUT2D eigenvalue weighted by Gasteiger charge is -2.30. The average Bonchev–Trinajstić information content (AvgIpc) is 2.15. The number of rotatable bonds is 6. The zero-order valence-electron chi connectivity index (χ0n) is 11.3. The highest BCUT2D eigenvalue weighted by Crippen LogP contribution is 2.61. The van der Waals surface area contributed by atoms with E-state index >= 15 is 0 Å². The van der Waals surface area contributed by atoms with Crippen LogP contribution < -0.4 is 5.09 Å². The molecule has 8 heteroatoms. The van der Waals surface area contributed by atoms with Crippen LogP contribution in [0, 0.1) is 0 Å². The highest BCUT2D eigenvalue weighted by molar-refractivity contribution is 7.64. The van der Waals surface area contributed by atoms with Gasteiger partial charge >= 0.3 is 17.6 Å². The second-order valence-corrected chi connectivity index (χ2v) is 8.73. The molecule has 0 spiro atoms. The van der Waals surface area contributed by atoms with Crippen molar-refractivity contribution in [1.82, 2.24) is 5.09 Å². The Hall–Kier alpha value is 0.200. The summed E-state index contributed by atoms with van der Waals surface area (Å²) in [5, 5.41) is 2.54. The molecule has 1 N–H and O–H groups in total. The Bertz CT molecular complexity index is 331. The quantitative estimate of drug-likeness (QED) is 0.462. The minimum atomic E-state index is -3.76. The molecule has 0 amide bonds. The number of carbonyl (C=O) groups is 1. The summed E-state index contributed by atoms with van der Waals surface area (Å²) in [7, 11) is -3.76. The molecule has 0 aromatic heterocycles. The third-order valence-electron chi connectivity index (χ3n) is 1.69. The van der Waals surface area contributed by atoms with E-state index in [1.807, 2.05) is 0 Å². The fraction of sp³-hybridized carbons (Fsp3) is 0.900. The van der Waals surface area contributed by atoms with Crippen molar-refractivity contribution < 1.29 is 18.6 Å². The van der Waals surface area contributed by atoms with Crippen LogP contribution in [0.3, 0.4) is 0 Å². The van der Waals surface area contributed by atoms with Gasteiger partial charge in [-0.05, 0) is 27.7 Å². The second kappa shape index (κ2) is 6.58. The number of hydrogen-bond donors (Lipinski definition) is 1. The Morgan fingerprint density at radius 2 is 1.78 bits per heavy atom. The van der Waals surface area contributed by atoms with Gasteiger partial charge in [-0.1, -0.05) is 30.1 Å². The molecule has 0 bridgehead atoms. The van der Waals surface area contributed by atoms with Gasteiger partial charge in [0, 0.05) is 6.54 Å². The number of alkyl halides is 2. The molecule has 0 aliphatic carbocycles. The molecule has 0 aromatic rings. The molecular formula is C10H20Cl2NO4P. The second-order valence-electron chi connectivity index (χ2n) is 4.52. The summed E-state index contributed by atoms with van der Waals surface area (Å²) >= 11 is 11.8. The summed E-state index contributed by atoms with van der Waals surface area (Å²) in [6.07, 6.45) is 0. The van der Waals surface area contributed by atoms with Crippen molar-refractivity contribution in [3.05, 3.63) is 0 Å². The maximum absolute atomic E-state index is 12.5. The Labute approximate surface area is 118 Å². The molecule has 0 fully saturated rings. The average molecular weight is 320 g/mol. The van der Waals surface area contributed by atoms with E-state index in [1.165, 1.54) is 0 Å². The van der Waals surface area contributed by atoms with Gasteiger partial charge in [-0.15, -0.1) is 0 Å². The van der Waals surface area contributed by atoms with E-state index in [0.29, 0.717) is 6.54 Å². The summed E-state index contributed by atoms with van der Waals surface area (Å²) in [5.41, 5.74) is -0.782. The molecule has 1 unspecified atom stereocenters. The van der Waals surface area contributed by atoms with Gasteiger partial charge in [0.15, 0.2) is 0 Å². The van der Waals surface area contributed by atoms with Crippen molar-refractivity contribution in [1.29, 1.82) is 0 Å². The summed E-state index contributed by atoms with van der Waals surface area (Å²) in [6.45, 7) is 8.71. The van der Waals surface area contributed by atoms with Gasteiger partial charge in [0.25, 0.3) is 0 Å². The number of esters is 1. The van der Waals surface area contributed by atoms with E-state index in [4.69, 9.17) is 32.5 Å². The van der Waals surface area contributed by atoms with Crippen molar-refractivity contribution in [2.24, 2.45) is 0 Å². The molecule has 0 aromatic carbocycles. The highest BCUT2D eigenvalue weighted by atomic mass is 35.5. The summed E-state index contributed by atoms with van der Waals surface area (Å²) in [6, 6.07) is 0. The van der Waals surface area contributed by atoms with Gasteiger partial charge in [-0.3, -0.25) is 4.57 Å². The van der Waals surface area contributed by atoms with Crippen LogP contribution in [0.15, 0.2) is 0 Å². The van der Waals surface area contributed by atoms with Crippen molar-refractivity contribution in [3.8, 4) is 0 Å². The largest absolute Gasteiger partial charge is 0.457 e. The lowest BCUT2D eigenvalue weighted by Crippen LogP contribution is -2.38. The van der Waals surface area contributed by atoms with E-state index in [1.54, 1.807) is 34.6 Å². The Morgan fingerprint density at radius 1 is 1.28 bits per heavy atom. The van der Waals surface area contributed by atoms with E-state index in [0.717, 1.165) is 0 Å². The van der Waals surface area contributed by atoms with E-state index in [9.17, 15) is 9.36 Å². The van der Waals surface area contributed by atoms with Gasteiger partial charge in [0.05, 0.1) is 6.61 Å². The molecule has 0 saturated carbocycles. The first-order valence-corrected chi connectivity index (χ1v) is 7.99. The summed E-state index contributed by atoms with van der Waals surface area (Å²) in [5.74, 6) is -0.990. The van der Waals surface area contributed by atoms with Crippen LogP contribution >= 0.6 is 30.7 Å². The van der Waals surface area contributed by atoms with E-state index in [-0.39, 0.29) is 6.61 Å². The minimum Gasteiger partial charge on any atom is -0.457 e. The minimum absolute atomic E-state index is 0.105. The van der Waals surface area contributed by atoms with Crippen molar-refractivity contribution in [2.75, 3.05) is 13.2 Å². The molecule has 5 nitrogen and oxygen atoms in total. The summed E-state index contributed by atoms with van der Waals surface area (Å²) in [4.78, 5) is 11.9. The fourth-order valence-corrected chi connectivity index (χ4v) is 3.32. The molecular weight excluding hydrogens is 300 g/mol. The number of halogens is 2. The van der Waals surface area contributed by atoms with Crippen molar-refractivity contribution >= 4 is 36.7 Å². The maximum atomic E-state index is 12.5. The highest BCUT2D eigenvalue weighted by Gasteiger charge is 2.55. The summed E-state index contributed by atoms with van der Waals surface area (Å²) < 4.78 is 20.3. The standard InChI is InChI=1S/C10H20Cl2NO4P/c1-6-13-18(15,16-7-2)10(11,12)8(14)17-9(3,4)5/h6-7H2,1-5H3,(H,13,15). The third-order valence-corrected chi connectivity index (χ3v) is 5.61. The first-order valence-electron chi connectivity index (χ1n) is 5.61. The number of ether oxygens (including phenoxy) is 1. The molecule has 0 radical (unpaired) electrons. The SMILES string of the molecule is CCNP(=O)(OCC)C(Cl)(Cl)C(=O)OC(C)(C)C. The van der Waals surface area contributed by atoms with E-state index < -0.39 is 23.2 Å². The van der Waals surface area contributed by atoms with Crippen molar-refractivity contribution in [3.63, 3.8) is 0 Å². The zero-order chi connectivity index (χ0) is 14.6. The molecule has 0 rings (SSSR count). The molecule has 108 valence electrons. The van der Waals surface area contributed by atoms with Gasteiger partial charge in [0.1, 0.15) is 5.60 Å². The lowest BCUT2D eigenvalue weighted by molar-refractivity contribution is -0.153. The molecule has 0 aliphatic rings. The lowest BCUT2D eigenvalue weighted by atomic mass is 10.2. The molecule has 1 atom stereocenters. The zero-order valence-corrected chi connectivity index (χ0v) is 13.7. The van der Waals surface area contributed by atoms with Gasteiger partial charge in [0.2, 0.25) is 0 Å². The first kappa shape index (κ1) is 18.2. The molecule has 18 heavy (non-hydrogen) atoms. The van der Waals surface area contributed by atoms with Crippen LogP contribution in [0.2, 0.25) is 0 Å². The normalized spacial score (nSPS) is 16.2.